The van der Waals surface area contributed by atoms with Gasteiger partial charge in [0.25, 0.3) is 0 Å². The van der Waals surface area contributed by atoms with Crippen LogP contribution in [0, 0.1) is 0 Å². The highest BCUT2D eigenvalue weighted by atomic mass is 16.9. The molecule has 0 aromatic heterocycles. The topological polar surface area (TPSA) is 66.0 Å². The number of carbonyl (C=O) groups is 1. The minimum absolute atomic E-state index is 0.708. The first-order valence-corrected chi connectivity index (χ1v) is 3.15. The minimum Gasteiger partial charge on any atom is -0.453 e. The summed E-state index contributed by atoms with van der Waals surface area (Å²) in [6, 6.07) is 0. The van der Waals surface area contributed by atoms with Crippen molar-refractivity contribution < 1.29 is 23.7 Å². The summed E-state index contributed by atoms with van der Waals surface area (Å²) in [7, 11) is 5.19. The summed E-state index contributed by atoms with van der Waals surface area (Å²) in [5.74, 6) is 0. The summed E-state index contributed by atoms with van der Waals surface area (Å²) in [6.07, 6.45) is -2.28. The van der Waals surface area contributed by atoms with Gasteiger partial charge < -0.3 is 18.9 Å². The molecule has 1 amide bonds. The van der Waals surface area contributed by atoms with Crippen molar-refractivity contribution in [3.05, 3.63) is 0 Å². The fourth-order valence-corrected chi connectivity index (χ4v) is 0.579. The van der Waals surface area contributed by atoms with Crippen LogP contribution in [0.5, 0.6) is 0 Å². The van der Waals surface area contributed by atoms with Crippen LogP contribution >= 0.6 is 0 Å². The molecule has 6 nitrogen and oxygen atoms in total. The van der Waals surface area contributed by atoms with Crippen LogP contribution in [0.2, 0.25) is 0 Å². The zero-order valence-corrected chi connectivity index (χ0v) is 7.54. The summed E-state index contributed by atoms with van der Waals surface area (Å²) in [6.45, 7) is 0. The first kappa shape index (κ1) is 11.2. The Morgan fingerprint density at radius 3 is 1.75 bits per heavy atom. The van der Waals surface area contributed by atoms with Gasteiger partial charge in [-0.15, -0.1) is 0 Å². The van der Waals surface area contributed by atoms with Gasteiger partial charge in [-0.1, -0.05) is 0 Å². The highest BCUT2D eigenvalue weighted by Gasteiger charge is 2.32. The summed E-state index contributed by atoms with van der Waals surface area (Å²) < 4.78 is 18.6. The number of ether oxygens (including phenoxy) is 4. The van der Waals surface area contributed by atoms with Gasteiger partial charge in [-0.05, 0) is 0 Å². The van der Waals surface area contributed by atoms with Gasteiger partial charge >= 0.3 is 12.2 Å². The molecule has 0 aliphatic carbocycles. The van der Waals surface area contributed by atoms with E-state index in [1.807, 2.05) is 0 Å². The van der Waals surface area contributed by atoms with Crippen molar-refractivity contribution in [2.24, 2.45) is 0 Å². The van der Waals surface area contributed by atoms with Crippen LogP contribution in [0.3, 0.4) is 0 Å². The van der Waals surface area contributed by atoms with Crippen molar-refractivity contribution in [3.63, 3.8) is 0 Å². The van der Waals surface area contributed by atoms with E-state index in [1.165, 1.54) is 28.4 Å². The molecule has 0 aliphatic rings. The average molecular weight is 179 g/mol. The maximum Gasteiger partial charge on any atom is 0.413 e. The Kier molecular flexibility index (Phi) is 4.57. The van der Waals surface area contributed by atoms with Gasteiger partial charge in [-0.2, -0.15) is 0 Å². The molecule has 0 unspecified atom stereocenters. The van der Waals surface area contributed by atoms with Crippen molar-refractivity contribution in [3.8, 4) is 0 Å². The maximum atomic E-state index is 10.7. The summed E-state index contributed by atoms with van der Waals surface area (Å²) in [4.78, 5) is 10.7. The second-order valence-corrected chi connectivity index (χ2v) is 1.79. The lowest BCUT2D eigenvalue weighted by molar-refractivity contribution is -0.363. The molecule has 0 aromatic carbocycles. The third kappa shape index (κ3) is 2.65. The van der Waals surface area contributed by atoms with E-state index in [0.717, 1.165) is 0 Å². The lowest BCUT2D eigenvalue weighted by Crippen LogP contribution is -2.53. The second-order valence-electron chi connectivity index (χ2n) is 1.79. The molecule has 0 atom stereocenters. The van der Waals surface area contributed by atoms with E-state index in [9.17, 15) is 4.79 Å². The van der Waals surface area contributed by atoms with Crippen LogP contribution in [-0.2, 0) is 18.9 Å². The van der Waals surface area contributed by atoms with Gasteiger partial charge in [0.2, 0.25) is 0 Å². The van der Waals surface area contributed by atoms with E-state index < -0.39 is 12.2 Å². The molecule has 0 bridgehead atoms. The average Bonchev–Trinajstić information content (AvgIpc) is 2.14. The largest absolute Gasteiger partial charge is 0.453 e. The molecule has 0 aliphatic heterocycles. The number of alkyl carbamates (subject to hydrolysis) is 1. The molecule has 1 N–H and O–H groups in total. The van der Waals surface area contributed by atoms with Gasteiger partial charge in [0.05, 0.1) is 7.11 Å². The number of amides is 1. The van der Waals surface area contributed by atoms with Crippen molar-refractivity contribution in [1.82, 2.24) is 5.32 Å². The van der Waals surface area contributed by atoms with Gasteiger partial charge in [-0.25, -0.2) is 10.1 Å². The SMILES string of the molecule is COC(=O)NC(OC)(OC)OC. The maximum absolute atomic E-state index is 10.7. The normalized spacial score (nSPS) is 11.0. The predicted molar refractivity (Wildman–Crippen MR) is 39.3 cm³/mol. The van der Waals surface area contributed by atoms with Crippen molar-refractivity contribution >= 4 is 6.09 Å². The summed E-state index contributed by atoms with van der Waals surface area (Å²) in [5.41, 5.74) is 0. The summed E-state index contributed by atoms with van der Waals surface area (Å²) in [5, 5.41) is 2.20. The number of hydrogen-bond donors (Lipinski definition) is 1. The number of methoxy groups -OCH3 is 4. The smallest absolute Gasteiger partial charge is 0.413 e. The van der Waals surface area contributed by atoms with Gasteiger partial charge in [0.1, 0.15) is 0 Å². The Morgan fingerprint density at radius 2 is 1.50 bits per heavy atom. The lowest BCUT2D eigenvalue weighted by atomic mass is 10.8. The summed E-state index contributed by atoms with van der Waals surface area (Å²) >= 11 is 0. The van der Waals surface area contributed by atoms with E-state index in [-0.39, 0.29) is 0 Å². The van der Waals surface area contributed by atoms with E-state index in [4.69, 9.17) is 14.2 Å². The van der Waals surface area contributed by atoms with Crippen LogP contribution in [0.25, 0.3) is 0 Å². The molecule has 72 valence electrons. The molecule has 12 heavy (non-hydrogen) atoms. The predicted octanol–water partition coefficient (Wildman–Crippen LogP) is -0.107. The van der Waals surface area contributed by atoms with E-state index in [2.05, 4.69) is 10.1 Å². The minimum atomic E-state index is -1.58. The Bertz CT molecular complexity index is 137. The zero-order valence-electron chi connectivity index (χ0n) is 7.54. The molecular formula is C6H13NO5. The van der Waals surface area contributed by atoms with Crippen LogP contribution < -0.4 is 5.32 Å². The monoisotopic (exact) mass is 179 g/mol. The standard InChI is InChI=1S/C6H13NO5/c1-9-5(8)7-6(10-2,11-3)12-4/h1-4H3,(H,7,8). The van der Waals surface area contributed by atoms with Crippen LogP contribution in [-0.4, -0.2) is 40.6 Å². The highest BCUT2D eigenvalue weighted by molar-refractivity contribution is 5.67. The fourth-order valence-electron chi connectivity index (χ4n) is 0.579. The van der Waals surface area contributed by atoms with Crippen molar-refractivity contribution in [1.29, 1.82) is 0 Å². The molecule has 0 aromatic rings. The first-order valence-electron chi connectivity index (χ1n) is 3.15. The first-order chi connectivity index (χ1) is 5.64. The van der Waals surface area contributed by atoms with E-state index in [1.54, 1.807) is 0 Å². The van der Waals surface area contributed by atoms with Crippen LogP contribution in [0.1, 0.15) is 0 Å². The van der Waals surface area contributed by atoms with Crippen molar-refractivity contribution in [2.45, 2.75) is 6.10 Å². The number of hydrogen-bond acceptors (Lipinski definition) is 5. The molecule has 0 spiro atoms. The van der Waals surface area contributed by atoms with E-state index >= 15 is 0 Å². The van der Waals surface area contributed by atoms with Gasteiger partial charge in [-0.3, -0.25) is 0 Å². The molecule has 6 heteroatoms. The Hall–Kier alpha value is -0.850. The van der Waals surface area contributed by atoms with Gasteiger partial charge in [0.15, 0.2) is 0 Å². The third-order valence-electron chi connectivity index (χ3n) is 1.25. The van der Waals surface area contributed by atoms with Crippen LogP contribution in [0.15, 0.2) is 0 Å². The number of nitrogens with one attached hydrogen (secondary N) is 1. The second kappa shape index (κ2) is 4.91. The fraction of sp³-hybridized carbons (Fsp3) is 0.833. The molecule has 0 radical (unpaired) electrons. The molecule has 0 rings (SSSR count). The van der Waals surface area contributed by atoms with Gasteiger partial charge in [0, 0.05) is 21.3 Å². The van der Waals surface area contributed by atoms with Crippen LogP contribution in [0.4, 0.5) is 4.79 Å². The molecule has 0 saturated heterocycles. The lowest BCUT2D eigenvalue weighted by Gasteiger charge is -2.27. The zero-order chi connectivity index (χ0) is 9.61. The molecule has 0 fully saturated rings. The third-order valence-corrected chi connectivity index (χ3v) is 1.25. The quantitative estimate of drug-likeness (QED) is 0.610. The highest BCUT2D eigenvalue weighted by Crippen LogP contribution is 2.06. The Labute approximate surface area is 70.7 Å². The molecule has 0 saturated carbocycles. The van der Waals surface area contributed by atoms with E-state index in [0.29, 0.717) is 0 Å². The number of carbonyl (C=O) groups excluding carboxylic acids is 1. The van der Waals surface area contributed by atoms with Crippen molar-refractivity contribution in [2.75, 3.05) is 28.4 Å². The number of rotatable bonds is 4. The molecular weight excluding hydrogens is 166 g/mol. The Morgan fingerprint density at radius 1 is 1.08 bits per heavy atom. The Balaban J connectivity index is 4.19. The molecule has 0 heterocycles.